The van der Waals surface area contributed by atoms with E-state index in [0.29, 0.717) is 4.96 Å². The number of rotatable bonds is 4. The molecule has 0 bridgehead atoms. The Balaban J connectivity index is 1.92. The SMILES string of the molecule is COc1ccc(-c2csc3nc(NC(=O)CC#N)nn23)cc1. The summed E-state index contributed by atoms with van der Waals surface area (Å²) in [5.74, 6) is 0.548. The van der Waals surface area contributed by atoms with E-state index in [9.17, 15) is 4.79 Å². The maximum Gasteiger partial charge on any atom is 0.250 e. The number of anilines is 1. The van der Waals surface area contributed by atoms with E-state index in [2.05, 4.69) is 15.4 Å². The van der Waals surface area contributed by atoms with Gasteiger partial charge in [-0.15, -0.1) is 16.4 Å². The predicted molar refractivity (Wildman–Crippen MR) is 81.7 cm³/mol. The van der Waals surface area contributed by atoms with Crippen LogP contribution in [0.3, 0.4) is 0 Å². The molecule has 3 rings (SSSR count). The number of nitrogens with zero attached hydrogens (tertiary/aromatic N) is 4. The summed E-state index contributed by atoms with van der Waals surface area (Å²) in [4.78, 5) is 16.3. The van der Waals surface area contributed by atoms with E-state index in [4.69, 9.17) is 10.00 Å². The molecule has 2 heterocycles. The first kappa shape index (κ1) is 14.0. The van der Waals surface area contributed by atoms with Crippen molar-refractivity contribution < 1.29 is 9.53 Å². The molecule has 0 fully saturated rings. The fraction of sp³-hybridized carbons (Fsp3) is 0.143. The summed E-state index contributed by atoms with van der Waals surface area (Å²) in [5, 5.41) is 17.2. The summed E-state index contributed by atoms with van der Waals surface area (Å²) >= 11 is 1.42. The van der Waals surface area contributed by atoms with Gasteiger partial charge < -0.3 is 4.74 Å². The first-order valence-corrected chi connectivity index (χ1v) is 7.24. The molecule has 0 radical (unpaired) electrons. The molecular weight excluding hydrogens is 302 g/mol. The third-order valence-electron chi connectivity index (χ3n) is 2.96. The molecule has 1 aromatic carbocycles. The molecule has 0 spiro atoms. The van der Waals surface area contributed by atoms with E-state index < -0.39 is 5.91 Å². The molecule has 110 valence electrons. The fourth-order valence-electron chi connectivity index (χ4n) is 1.94. The monoisotopic (exact) mass is 313 g/mol. The number of fused-ring (bicyclic) bond motifs is 1. The second kappa shape index (κ2) is 5.83. The highest BCUT2D eigenvalue weighted by molar-refractivity contribution is 7.15. The molecule has 22 heavy (non-hydrogen) atoms. The summed E-state index contributed by atoms with van der Waals surface area (Å²) in [6, 6.07) is 9.37. The third-order valence-corrected chi connectivity index (χ3v) is 3.77. The Kier molecular flexibility index (Phi) is 3.72. The topological polar surface area (TPSA) is 92.3 Å². The summed E-state index contributed by atoms with van der Waals surface area (Å²) in [5.41, 5.74) is 1.84. The highest BCUT2D eigenvalue weighted by Crippen LogP contribution is 2.27. The maximum atomic E-state index is 11.4. The number of carbonyl (C=O) groups is 1. The molecule has 1 N–H and O–H groups in total. The summed E-state index contributed by atoms with van der Waals surface area (Å²) in [6.45, 7) is 0. The lowest BCUT2D eigenvalue weighted by atomic mass is 10.2. The van der Waals surface area contributed by atoms with Gasteiger partial charge in [-0.25, -0.2) is 4.52 Å². The lowest BCUT2D eigenvalue weighted by Gasteiger charge is -2.01. The van der Waals surface area contributed by atoms with Crippen LogP contribution in [-0.4, -0.2) is 27.6 Å². The molecule has 0 aliphatic heterocycles. The van der Waals surface area contributed by atoms with E-state index in [1.165, 1.54) is 11.3 Å². The average Bonchev–Trinajstić information content (AvgIpc) is 3.07. The van der Waals surface area contributed by atoms with Crippen molar-refractivity contribution in [1.82, 2.24) is 14.6 Å². The largest absolute Gasteiger partial charge is 0.497 e. The number of thiazole rings is 1. The van der Waals surface area contributed by atoms with Crippen LogP contribution >= 0.6 is 11.3 Å². The van der Waals surface area contributed by atoms with Crippen molar-refractivity contribution in [3.05, 3.63) is 29.6 Å². The van der Waals surface area contributed by atoms with Crippen LogP contribution in [0.2, 0.25) is 0 Å². The Hall–Kier alpha value is -2.92. The van der Waals surface area contributed by atoms with Gasteiger partial charge in [-0.05, 0) is 24.3 Å². The van der Waals surface area contributed by atoms with Crippen molar-refractivity contribution in [2.45, 2.75) is 6.42 Å². The van der Waals surface area contributed by atoms with Gasteiger partial charge in [-0.3, -0.25) is 10.1 Å². The maximum absolute atomic E-state index is 11.4. The lowest BCUT2D eigenvalue weighted by Crippen LogP contribution is -2.11. The van der Waals surface area contributed by atoms with E-state index in [-0.39, 0.29) is 12.4 Å². The van der Waals surface area contributed by atoms with Crippen molar-refractivity contribution in [3.63, 3.8) is 0 Å². The first-order valence-electron chi connectivity index (χ1n) is 6.37. The molecule has 0 unspecified atom stereocenters. The molecular formula is C14H11N5O2S. The van der Waals surface area contributed by atoms with Gasteiger partial charge in [0.2, 0.25) is 16.8 Å². The van der Waals surface area contributed by atoms with Gasteiger partial charge in [0.25, 0.3) is 0 Å². The van der Waals surface area contributed by atoms with Crippen molar-refractivity contribution in [1.29, 1.82) is 5.26 Å². The molecule has 7 nitrogen and oxygen atoms in total. The zero-order valence-electron chi connectivity index (χ0n) is 11.6. The number of aromatic nitrogens is 3. The predicted octanol–water partition coefficient (Wildman–Crippen LogP) is 2.32. The number of amides is 1. The molecule has 0 aliphatic carbocycles. The van der Waals surface area contributed by atoms with Crippen LogP contribution in [0.4, 0.5) is 5.95 Å². The molecule has 0 aliphatic rings. The van der Waals surface area contributed by atoms with E-state index in [1.807, 2.05) is 29.6 Å². The first-order chi connectivity index (χ1) is 10.7. The van der Waals surface area contributed by atoms with Crippen molar-refractivity contribution in [2.75, 3.05) is 12.4 Å². The molecule has 0 saturated heterocycles. The Morgan fingerprint density at radius 3 is 2.91 bits per heavy atom. The van der Waals surface area contributed by atoms with Gasteiger partial charge in [0.1, 0.15) is 12.2 Å². The second-order valence-corrected chi connectivity index (χ2v) is 5.20. The molecule has 8 heteroatoms. The van der Waals surface area contributed by atoms with Gasteiger partial charge in [0.15, 0.2) is 0 Å². The van der Waals surface area contributed by atoms with Crippen molar-refractivity contribution in [3.8, 4) is 23.1 Å². The normalized spacial score (nSPS) is 10.4. The minimum Gasteiger partial charge on any atom is -0.497 e. The lowest BCUT2D eigenvalue weighted by molar-refractivity contribution is -0.115. The van der Waals surface area contributed by atoms with Gasteiger partial charge in [-0.1, -0.05) is 0 Å². The number of hydrogen-bond acceptors (Lipinski definition) is 6. The van der Waals surface area contributed by atoms with E-state index in [1.54, 1.807) is 17.7 Å². The number of methoxy groups -OCH3 is 1. The Labute approximate surface area is 129 Å². The summed E-state index contributed by atoms with van der Waals surface area (Å²) in [7, 11) is 1.62. The fourth-order valence-corrected chi connectivity index (χ4v) is 2.77. The van der Waals surface area contributed by atoms with Gasteiger partial charge >= 0.3 is 0 Å². The summed E-state index contributed by atoms with van der Waals surface area (Å²) < 4.78 is 6.80. The number of ether oxygens (including phenoxy) is 1. The quantitative estimate of drug-likeness (QED) is 0.798. The van der Waals surface area contributed by atoms with Crippen LogP contribution in [-0.2, 0) is 4.79 Å². The Morgan fingerprint density at radius 2 is 2.23 bits per heavy atom. The van der Waals surface area contributed by atoms with Crippen LogP contribution in [0.15, 0.2) is 29.6 Å². The number of nitriles is 1. The molecule has 3 aromatic rings. The summed E-state index contributed by atoms with van der Waals surface area (Å²) in [6.07, 6.45) is -0.224. The van der Waals surface area contributed by atoms with Crippen LogP contribution < -0.4 is 10.1 Å². The van der Waals surface area contributed by atoms with Crippen LogP contribution in [0, 0.1) is 11.3 Å². The van der Waals surface area contributed by atoms with Crippen LogP contribution in [0.1, 0.15) is 6.42 Å². The number of nitrogens with one attached hydrogen (secondary N) is 1. The van der Waals surface area contributed by atoms with Crippen LogP contribution in [0.5, 0.6) is 5.75 Å². The molecule has 2 aromatic heterocycles. The Morgan fingerprint density at radius 1 is 1.45 bits per heavy atom. The number of benzene rings is 1. The molecule has 0 saturated carbocycles. The number of carbonyl (C=O) groups excluding carboxylic acids is 1. The van der Waals surface area contributed by atoms with Gasteiger partial charge in [0.05, 0.1) is 18.9 Å². The molecule has 0 atom stereocenters. The van der Waals surface area contributed by atoms with E-state index in [0.717, 1.165) is 17.0 Å². The third kappa shape index (κ3) is 2.62. The zero-order valence-corrected chi connectivity index (χ0v) is 12.4. The van der Waals surface area contributed by atoms with Crippen LogP contribution in [0.25, 0.3) is 16.2 Å². The average molecular weight is 313 g/mol. The minimum atomic E-state index is -0.424. The minimum absolute atomic E-state index is 0.196. The van der Waals surface area contributed by atoms with Gasteiger partial charge in [-0.2, -0.15) is 10.2 Å². The highest BCUT2D eigenvalue weighted by Gasteiger charge is 2.13. The van der Waals surface area contributed by atoms with Crippen molar-refractivity contribution >= 4 is 28.2 Å². The second-order valence-electron chi connectivity index (χ2n) is 4.36. The van der Waals surface area contributed by atoms with Crippen molar-refractivity contribution in [2.24, 2.45) is 0 Å². The van der Waals surface area contributed by atoms with E-state index >= 15 is 0 Å². The highest BCUT2D eigenvalue weighted by atomic mass is 32.1. The standard InChI is InChI=1S/C14H11N5O2S/c1-21-10-4-2-9(3-5-10)11-8-22-14-17-13(18-19(11)14)16-12(20)6-7-15/h2-5,8H,6H2,1H3,(H,16,18,20). The smallest absolute Gasteiger partial charge is 0.250 e. The number of hydrogen-bond donors (Lipinski definition) is 1. The zero-order chi connectivity index (χ0) is 15.5. The molecule has 1 amide bonds. The Bertz CT molecular complexity index is 860. The van der Waals surface area contributed by atoms with Gasteiger partial charge in [0, 0.05) is 10.9 Å².